The molecule has 0 aromatic heterocycles. The van der Waals surface area contributed by atoms with Crippen LogP contribution in [0.15, 0.2) is 71.8 Å². The highest BCUT2D eigenvalue weighted by Crippen LogP contribution is 2.28. The van der Waals surface area contributed by atoms with Crippen molar-refractivity contribution in [2.24, 2.45) is 5.10 Å². The highest BCUT2D eigenvalue weighted by Gasteiger charge is 2.06. The number of halogens is 2. The van der Waals surface area contributed by atoms with Gasteiger partial charge in [0.15, 0.2) is 18.1 Å². The lowest BCUT2D eigenvalue weighted by Gasteiger charge is -2.11. The molecule has 1 N–H and O–H groups in total. The van der Waals surface area contributed by atoms with Crippen molar-refractivity contribution in [1.82, 2.24) is 5.43 Å². The Morgan fingerprint density at radius 3 is 2.48 bits per heavy atom. The predicted octanol–water partition coefficient (Wildman–Crippen LogP) is 4.60. The molecule has 0 spiro atoms. The Labute approximate surface area is 184 Å². The van der Waals surface area contributed by atoms with E-state index in [4.69, 9.17) is 25.8 Å². The van der Waals surface area contributed by atoms with E-state index in [0.29, 0.717) is 34.4 Å². The van der Waals surface area contributed by atoms with E-state index in [1.807, 2.05) is 12.1 Å². The van der Waals surface area contributed by atoms with Gasteiger partial charge in [-0.05, 0) is 65.7 Å². The van der Waals surface area contributed by atoms with Gasteiger partial charge in [-0.1, -0.05) is 23.7 Å². The Kier molecular flexibility index (Phi) is 7.84. The Hall–Kier alpha value is -3.58. The third-order valence-electron chi connectivity index (χ3n) is 4.08. The summed E-state index contributed by atoms with van der Waals surface area (Å²) >= 11 is 5.89. The first-order chi connectivity index (χ1) is 15.0. The third kappa shape index (κ3) is 7.01. The number of nitrogens with zero attached hydrogens (tertiary/aromatic N) is 1. The summed E-state index contributed by atoms with van der Waals surface area (Å²) in [5.74, 6) is 0.670. The lowest BCUT2D eigenvalue weighted by Crippen LogP contribution is -2.24. The zero-order chi connectivity index (χ0) is 22.1. The average Bonchev–Trinajstić information content (AvgIpc) is 2.78. The zero-order valence-electron chi connectivity index (χ0n) is 16.7. The van der Waals surface area contributed by atoms with Crippen LogP contribution in [0.2, 0.25) is 5.02 Å². The molecule has 8 heteroatoms. The van der Waals surface area contributed by atoms with E-state index >= 15 is 0 Å². The van der Waals surface area contributed by atoms with Gasteiger partial charge in [-0.15, -0.1) is 0 Å². The summed E-state index contributed by atoms with van der Waals surface area (Å²) in [5.41, 5.74) is 4.04. The summed E-state index contributed by atoms with van der Waals surface area (Å²) in [4.78, 5) is 11.8. The molecule has 0 unspecified atom stereocenters. The maximum absolute atomic E-state index is 12.9. The number of rotatable bonds is 9. The van der Waals surface area contributed by atoms with Gasteiger partial charge >= 0.3 is 0 Å². The number of nitrogens with one attached hydrogen (secondary N) is 1. The molecule has 3 aromatic carbocycles. The smallest absolute Gasteiger partial charge is 0.277 e. The first-order valence-electron chi connectivity index (χ1n) is 9.29. The van der Waals surface area contributed by atoms with E-state index in [1.165, 1.54) is 30.5 Å². The number of carbonyl (C=O) groups is 1. The standard InChI is InChI=1S/C23H20ClFN2O4/c1-29-22-12-17(4-11-21(22)31-14-16-2-5-18(24)6-3-16)13-26-27-23(28)15-30-20-9-7-19(25)8-10-20/h2-13H,14-15H2,1H3,(H,27,28)/b26-13+. The lowest BCUT2D eigenvalue weighted by atomic mass is 10.2. The fourth-order valence-electron chi connectivity index (χ4n) is 2.52. The minimum Gasteiger partial charge on any atom is -0.493 e. The van der Waals surface area contributed by atoms with E-state index in [2.05, 4.69) is 10.5 Å². The first kappa shape index (κ1) is 22.1. The summed E-state index contributed by atoms with van der Waals surface area (Å²) in [6.45, 7) is 0.120. The summed E-state index contributed by atoms with van der Waals surface area (Å²) < 4.78 is 29.3. The van der Waals surface area contributed by atoms with Crippen molar-refractivity contribution >= 4 is 23.7 Å². The second-order valence-corrected chi connectivity index (χ2v) is 6.80. The van der Waals surface area contributed by atoms with Gasteiger partial charge in [-0.25, -0.2) is 9.82 Å². The predicted molar refractivity (Wildman–Crippen MR) is 116 cm³/mol. The molecule has 31 heavy (non-hydrogen) atoms. The van der Waals surface area contributed by atoms with Crippen LogP contribution < -0.4 is 19.6 Å². The zero-order valence-corrected chi connectivity index (χ0v) is 17.4. The number of hydrazone groups is 1. The van der Waals surface area contributed by atoms with Crippen molar-refractivity contribution < 1.29 is 23.4 Å². The van der Waals surface area contributed by atoms with Gasteiger partial charge < -0.3 is 14.2 Å². The summed E-state index contributed by atoms with van der Waals surface area (Å²) in [6, 6.07) is 18.0. The molecule has 160 valence electrons. The van der Waals surface area contributed by atoms with Gasteiger partial charge in [0, 0.05) is 5.02 Å². The SMILES string of the molecule is COc1cc(/C=N/NC(=O)COc2ccc(F)cc2)ccc1OCc1ccc(Cl)cc1. The molecular formula is C23H20ClFN2O4. The molecule has 0 aliphatic carbocycles. The molecule has 0 bridgehead atoms. The number of amides is 1. The Balaban J connectivity index is 1.51. The normalized spacial score (nSPS) is 10.7. The van der Waals surface area contributed by atoms with Crippen LogP contribution in [0, 0.1) is 5.82 Å². The van der Waals surface area contributed by atoms with Crippen LogP contribution in [0.5, 0.6) is 17.2 Å². The lowest BCUT2D eigenvalue weighted by molar-refractivity contribution is -0.123. The Morgan fingerprint density at radius 1 is 1.03 bits per heavy atom. The molecule has 0 heterocycles. The summed E-state index contributed by atoms with van der Waals surface area (Å²) in [7, 11) is 1.54. The highest BCUT2D eigenvalue weighted by atomic mass is 35.5. The van der Waals surface area contributed by atoms with Gasteiger partial charge in [-0.2, -0.15) is 5.10 Å². The number of hydrogen-bond donors (Lipinski definition) is 1. The Bertz CT molecular complexity index is 1040. The van der Waals surface area contributed by atoms with E-state index in [-0.39, 0.29) is 12.4 Å². The fraction of sp³-hybridized carbons (Fsp3) is 0.130. The molecule has 0 radical (unpaired) electrons. The van der Waals surface area contributed by atoms with E-state index in [0.717, 1.165) is 5.56 Å². The second kappa shape index (κ2) is 11.0. The van der Waals surface area contributed by atoms with E-state index in [9.17, 15) is 9.18 Å². The summed E-state index contributed by atoms with van der Waals surface area (Å²) in [5, 5.41) is 4.57. The van der Waals surface area contributed by atoms with Crippen molar-refractivity contribution in [1.29, 1.82) is 0 Å². The Morgan fingerprint density at radius 2 is 1.77 bits per heavy atom. The van der Waals surface area contributed by atoms with Crippen molar-refractivity contribution in [2.45, 2.75) is 6.61 Å². The molecule has 1 amide bonds. The van der Waals surface area contributed by atoms with Gasteiger partial charge in [0.2, 0.25) is 0 Å². The van der Waals surface area contributed by atoms with E-state index < -0.39 is 5.91 Å². The number of hydrogen-bond acceptors (Lipinski definition) is 5. The topological polar surface area (TPSA) is 69.2 Å². The maximum Gasteiger partial charge on any atom is 0.277 e. The van der Waals surface area contributed by atoms with E-state index in [1.54, 1.807) is 37.4 Å². The number of carbonyl (C=O) groups excluding carboxylic acids is 1. The number of ether oxygens (including phenoxy) is 3. The molecule has 3 rings (SSSR count). The quantitative estimate of drug-likeness (QED) is 0.388. The average molecular weight is 443 g/mol. The minimum absolute atomic E-state index is 0.246. The molecule has 3 aromatic rings. The van der Waals surface area contributed by atoms with Crippen molar-refractivity contribution in [3.8, 4) is 17.2 Å². The molecule has 0 saturated heterocycles. The largest absolute Gasteiger partial charge is 0.493 e. The van der Waals surface area contributed by atoms with Crippen LogP contribution >= 0.6 is 11.6 Å². The maximum atomic E-state index is 12.9. The molecular weight excluding hydrogens is 423 g/mol. The van der Waals surface area contributed by atoms with Crippen molar-refractivity contribution in [2.75, 3.05) is 13.7 Å². The molecule has 0 saturated carbocycles. The van der Waals surface area contributed by atoms with Gasteiger partial charge in [-0.3, -0.25) is 4.79 Å². The molecule has 0 atom stereocenters. The number of benzene rings is 3. The highest BCUT2D eigenvalue weighted by molar-refractivity contribution is 6.30. The molecule has 6 nitrogen and oxygen atoms in total. The van der Waals surface area contributed by atoms with Crippen LogP contribution in [0.4, 0.5) is 4.39 Å². The van der Waals surface area contributed by atoms with Crippen molar-refractivity contribution in [3.05, 3.63) is 88.7 Å². The van der Waals surface area contributed by atoms with Gasteiger partial charge in [0.1, 0.15) is 18.2 Å². The third-order valence-corrected chi connectivity index (χ3v) is 4.33. The first-order valence-corrected chi connectivity index (χ1v) is 9.67. The van der Waals surface area contributed by atoms with Crippen LogP contribution in [0.3, 0.4) is 0 Å². The van der Waals surface area contributed by atoms with Crippen LogP contribution in [-0.4, -0.2) is 25.8 Å². The van der Waals surface area contributed by atoms with Gasteiger partial charge in [0.05, 0.1) is 13.3 Å². The van der Waals surface area contributed by atoms with Crippen molar-refractivity contribution in [3.63, 3.8) is 0 Å². The van der Waals surface area contributed by atoms with Crippen LogP contribution in [0.25, 0.3) is 0 Å². The molecule has 0 fully saturated rings. The van der Waals surface area contributed by atoms with Crippen LogP contribution in [0.1, 0.15) is 11.1 Å². The van der Waals surface area contributed by atoms with Crippen LogP contribution in [-0.2, 0) is 11.4 Å². The monoisotopic (exact) mass is 442 g/mol. The fourth-order valence-corrected chi connectivity index (χ4v) is 2.64. The van der Waals surface area contributed by atoms with Gasteiger partial charge in [0.25, 0.3) is 5.91 Å². The minimum atomic E-state index is -0.449. The molecule has 0 aliphatic heterocycles. The summed E-state index contributed by atoms with van der Waals surface area (Å²) in [6.07, 6.45) is 1.47. The number of methoxy groups -OCH3 is 1. The second-order valence-electron chi connectivity index (χ2n) is 6.36. The molecule has 0 aliphatic rings.